The minimum absolute atomic E-state index is 0.832. The van der Waals surface area contributed by atoms with E-state index in [4.69, 9.17) is 11.6 Å². The summed E-state index contributed by atoms with van der Waals surface area (Å²) >= 11 is 11.8. The van der Waals surface area contributed by atoms with Crippen LogP contribution in [0.15, 0.2) is 53.0 Å². The first-order chi connectivity index (χ1) is 9.25. The maximum atomic E-state index is 6.32. The molecule has 92 valence electrons. The quantitative estimate of drug-likeness (QED) is 0.335. The Labute approximate surface area is 127 Å². The summed E-state index contributed by atoms with van der Waals surface area (Å²) in [4.78, 5) is 0. The van der Waals surface area contributed by atoms with Gasteiger partial charge in [-0.05, 0) is 17.5 Å². The molecule has 0 unspecified atom stereocenters. The Bertz CT molecular complexity index is 940. The largest absolute Gasteiger partial charge is 0.133 e. The van der Waals surface area contributed by atoms with Crippen molar-refractivity contribution < 1.29 is 0 Å². The zero-order valence-corrected chi connectivity index (χ0v) is 12.9. The van der Waals surface area contributed by atoms with Crippen molar-refractivity contribution in [2.45, 2.75) is 0 Å². The van der Waals surface area contributed by atoms with Crippen molar-refractivity contribution in [1.29, 1.82) is 0 Å². The van der Waals surface area contributed by atoms with E-state index in [1.165, 1.54) is 30.9 Å². The molecule has 0 amide bonds. The molecule has 0 aliphatic heterocycles. The minimum atomic E-state index is 0.832. The normalized spacial score (nSPS) is 11.7. The first-order valence-corrected chi connectivity index (χ1v) is 7.92. The standard InChI is InChI=1S/C16H8BrClS/c17-13-8-12-11-6-3-7-14(18)16(11)19-15(12)10-5-2-1-4-9(10)13/h1-8H. The average molecular weight is 348 g/mol. The topological polar surface area (TPSA) is 0 Å². The molecule has 4 aromatic rings. The average Bonchev–Trinajstić information content (AvgIpc) is 2.80. The van der Waals surface area contributed by atoms with Crippen LogP contribution in [0.25, 0.3) is 30.9 Å². The number of fused-ring (bicyclic) bond motifs is 5. The summed E-state index contributed by atoms with van der Waals surface area (Å²) < 4.78 is 3.61. The predicted octanol–water partition coefficient (Wildman–Crippen LogP) is 6.62. The molecule has 0 spiro atoms. The van der Waals surface area contributed by atoms with Crippen molar-refractivity contribution in [3.05, 3.63) is 58.0 Å². The molecule has 0 saturated carbocycles. The zero-order valence-electron chi connectivity index (χ0n) is 9.78. The summed E-state index contributed by atoms with van der Waals surface area (Å²) in [6, 6.07) is 16.8. The van der Waals surface area contributed by atoms with Gasteiger partial charge in [-0.15, -0.1) is 11.3 Å². The Morgan fingerprint density at radius 1 is 0.789 bits per heavy atom. The molecule has 0 atom stereocenters. The lowest BCUT2D eigenvalue weighted by Gasteiger charge is -2.02. The van der Waals surface area contributed by atoms with Crippen LogP contribution in [0.2, 0.25) is 5.02 Å². The van der Waals surface area contributed by atoms with Crippen LogP contribution in [0.1, 0.15) is 0 Å². The number of hydrogen-bond donors (Lipinski definition) is 0. The summed E-state index contributed by atoms with van der Waals surface area (Å²) in [7, 11) is 0. The number of rotatable bonds is 0. The lowest BCUT2D eigenvalue weighted by Crippen LogP contribution is -1.75. The van der Waals surface area contributed by atoms with Crippen molar-refractivity contribution >= 4 is 69.8 Å². The van der Waals surface area contributed by atoms with Gasteiger partial charge in [0.15, 0.2) is 0 Å². The highest BCUT2D eigenvalue weighted by molar-refractivity contribution is 9.10. The highest BCUT2D eigenvalue weighted by atomic mass is 79.9. The van der Waals surface area contributed by atoms with Gasteiger partial charge in [0.25, 0.3) is 0 Å². The van der Waals surface area contributed by atoms with E-state index >= 15 is 0 Å². The summed E-state index contributed by atoms with van der Waals surface area (Å²) in [5, 5.41) is 5.87. The minimum Gasteiger partial charge on any atom is -0.133 e. The van der Waals surface area contributed by atoms with Gasteiger partial charge >= 0.3 is 0 Å². The Balaban J connectivity index is 2.36. The highest BCUT2D eigenvalue weighted by Crippen LogP contribution is 2.43. The van der Waals surface area contributed by atoms with E-state index in [0.29, 0.717) is 0 Å². The molecule has 0 fully saturated rings. The number of benzene rings is 3. The highest BCUT2D eigenvalue weighted by Gasteiger charge is 2.12. The fourth-order valence-electron chi connectivity index (χ4n) is 2.54. The monoisotopic (exact) mass is 346 g/mol. The lowest BCUT2D eigenvalue weighted by molar-refractivity contribution is 1.78. The van der Waals surface area contributed by atoms with Gasteiger partial charge in [0.1, 0.15) is 0 Å². The first kappa shape index (κ1) is 11.7. The van der Waals surface area contributed by atoms with E-state index in [0.717, 1.165) is 9.50 Å². The molecule has 0 bridgehead atoms. The summed E-state index contributed by atoms with van der Waals surface area (Å²) in [6.45, 7) is 0. The Hall–Kier alpha value is -1.09. The fraction of sp³-hybridized carbons (Fsp3) is 0. The van der Waals surface area contributed by atoms with Gasteiger partial charge in [-0.1, -0.05) is 63.9 Å². The SMILES string of the molecule is Clc1cccc2c1sc1c3ccccc3c(Br)cc21. The van der Waals surface area contributed by atoms with Crippen LogP contribution in [0.4, 0.5) is 0 Å². The van der Waals surface area contributed by atoms with E-state index < -0.39 is 0 Å². The van der Waals surface area contributed by atoms with Crippen LogP contribution in [0.5, 0.6) is 0 Å². The van der Waals surface area contributed by atoms with E-state index in [-0.39, 0.29) is 0 Å². The summed E-state index contributed by atoms with van der Waals surface area (Å²) in [6.07, 6.45) is 0. The Kier molecular flexibility index (Phi) is 2.59. The molecule has 0 aliphatic carbocycles. The Morgan fingerprint density at radius 2 is 1.47 bits per heavy atom. The van der Waals surface area contributed by atoms with E-state index in [2.05, 4.69) is 52.3 Å². The molecule has 4 rings (SSSR count). The summed E-state index contributed by atoms with van der Waals surface area (Å²) in [5.74, 6) is 0. The van der Waals surface area contributed by atoms with Gasteiger partial charge < -0.3 is 0 Å². The van der Waals surface area contributed by atoms with Crippen LogP contribution in [-0.4, -0.2) is 0 Å². The van der Waals surface area contributed by atoms with Crippen LogP contribution in [0, 0.1) is 0 Å². The van der Waals surface area contributed by atoms with E-state index in [1.807, 2.05) is 12.1 Å². The number of hydrogen-bond acceptors (Lipinski definition) is 1. The van der Waals surface area contributed by atoms with Gasteiger partial charge in [-0.25, -0.2) is 0 Å². The maximum absolute atomic E-state index is 6.32. The van der Waals surface area contributed by atoms with E-state index in [9.17, 15) is 0 Å². The third-order valence-corrected chi connectivity index (χ3v) is 5.78. The molecule has 1 heterocycles. The van der Waals surface area contributed by atoms with Gasteiger partial charge in [0, 0.05) is 25.3 Å². The Morgan fingerprint density at radius 3 is 2.32 bits per heavy atom. The second-order valence-electron chi connectivity index (χ2n) is 4.50. The van der Waals surface area contributed by atoms with Crippen LogP contribution in [0.3, 0.4) is 0 Å². The first-order valence-electron chi connectivity index (χ1n) is 5.93. The molecule has 0 N–H and O–H groups in total. The van der Waals surface area contributed by atoms with Gasteiger partial charge in [0.05, 0.1) is 9.72 Å². The third-order valence-electron chi connectivity index (χ3n) is 3.41. The number of halogens is 2. The lowest BCUT2D eigenvalue weighted by atomic mass is 10.1. The third kappa shape index (κ3) is 1.64. The molecule has 0 nitrogen and oxygen atoms in total. The van der Waals surface area contributed by atoms with Gasteiger partial charge in [-0.2, -0.15) is 0 Å². The molecular weight excluding hydrogens is 340 g/mol. The molecule has 19 heavy (non-hydrogen) atoms. The summed E-state index contributed by atoms with van der Waals surface area (Å²) in [5.41, 5.74) is 0. The van der Waals surface area contributed by atoms with E-state index in [1.54, 1.807) is 11.3 Å². The molecule has 1 aromatic heterocycles. The predicted molar refractivity (Wildman–Crippen MR) is 89.5 cm³/mol. The molecule has 3 heteroatoms. The van der Waals surface area contributed by atoms with Crippen molar-refractivity contribution in [3.8, 4) is 0 Å². The van der Waals surface area contributed by atoms with Crippen LogP contribution in [-0.2, 0) is 0 Å². The van der Waals surface area contributed by atoms with Crippen LogP contribution < -0.4 is 0 Å². The van der Waals surface area contributed by atoms with Crippen molar-refractivity contribution in [1.82, 2.24) is 0 Å². The second-order valence-corrected chi connectivity index (χ2v) is 6.78. The van der Waals surface area contributed by atoms with Crippen molar-refractivity contribution in [2.24, 2.45) is 0 Å². The maximum Gasteiger partial charge on any atom is 0.0584 e. The molecule has 0 saturated heterocycles. The zero-order chi connectivity index (χ0) is 13.0. The molecule has 0 aliphatic rings. The van der Waals surface area contributed by atoms with Gasteiger partial charge in [-0.3, -0.25) is 0 Å². The smallest absolute Gasteiger partial charge is 0.0584 e. The molecule has 0 radical (unpaired) electrons. The van der Waals surface area contributed by atoms with Gasteiger partial charge in [0.2, 0.25) is 0 Å². The number of thiophene rings is 1. The van der Waals surface area contributed by atoms with Crippen molar-refractivity contribution in [2.75, 3.05) is 0 Å². The van der Waals surface area contributed by atoms with Crippen molar-refractivity contribution in [3.63, 3.8) is 0 Å². The van der Waals surface area contributed by atoms with Crippen LogP contribution >= 0.6 is 38.9 Å². The molecular formula is C16H8BrClS. The fourth-order valence-corrected chi connectivity index (χ4v) is 4.63. The second kappa shape index (κ2) is 4.20. The molecule has 3 aromatic carbocycles.